The first-order valence-corrected chi connectivity index (χ1v) is 9.76. The third-order valence-electron chi connectivity index (χ3n) is 12.7. The Labute approximate surface area is 121 Å². The highest BCUT2D eigenvalue weighted by molar-refractivity contribution is 5.46. The van der Waals surface area contributed by atoms with Crippen molar-refractivity contribution in [1.29, 1.82) is 0 Å². The molecular weight excluding hydrogens is 240 g/mol. The van der Waals surface area contributed by atoms with Gasteiger partial charge in [-0.15, -0.1) is 0 Å². The monoisotopic (exact) mass is 264 g/mol. The molecule has 0 aliphatic heterocycles. The SMILES string of the molecule is C1C2C3CC45CC6C7CC14C14CC2C3CC51CC6C7C4. The van der Waals surface area contributed by atoms with Crippen LogP contribution in [-0.4, -0.2) is 0 Å². The largest absolute Gasteiger partial charge is 0.0431 e. The quantitative estimate of drug-likeness (QED) is 0.618. The van der Waals surface area contributed by atoms with Crippen molar-refractivity contribution in [3.05, 3.63) is 0 Å². The van der Waals surface area contributed by atoms with Crippen molar-refractivity contribution in [2.45, 2.75) is 51.4 Å². The summed E-state index contributed by atoms with van der Waals surface area (Å²) in [5, 5.41) is 0. The molecule has 0 heteroatoms. The second-order valence-electron chi connectivity index (χ2n) is 11.3. The Bertz CT molecular complexity index is 458. The average molecular weight is 264 g/mol. The zero-order chi connectivity index (χ0) is 12.3. The lowest BCUT2D eigenvalue weighted by molar-refractivity contribution is -0.548. The van der Waals surface area contributed by atoms with E-state index in [1.807, 2.05) is 0 Å². The average Bonchev–Trinajstić information content (AvgIpc) is 2.39. The maximum atomic E-state index is 1.75. The Morgan fingerprint density at radius 1 is 0.300 bits per heavy atom. The topological polar surface area (TPSA) is 0 Å². The minimum absolute atomic E-state index is 0.937. The molecule has 0 radical (unpaired) electrons. The summed E-state index contributed by atoms with van der Waals surface area (Å²) >= 11 is 0. The maximum Gasteiger partial charge on any atom is -0.0167 e. The lowest BCUT2D eigenvalue weighted by Gasteiger charge is -3.03. The highest BCUT2D eigenvalue weighted by Gasteiger charge is 2.99. The van der Waals surface area contributed by atoms with E-state index in [4.69, 9.17) is 0 Å². The molecule has 11 saturated carbocycles. The highest BCUT2D eigenvalue weighted by atomic mass is 15.0. The minimum Gasteiger partial charge on any atom is -0.0431 e. The van der Waals surface area contributed by atoms with Gasteiger partial charge >= 0.3 is 0 Å². The number of rotatable bonds is 0. The molecule has 12 bridgehead atoms. The molecule has 11 aliphatic carbocycles. The summed E-state index contributed by atoms with van der Waals surface area (Å²) in [4.78, 5) is 0. The summed E-state index contributed by atoms with van der Waals surface area (Å²) in [6.45, 7) is 0. The summed E-state index contributed by atoms with van der Waals surface area (Å²) in [5.41, 5.74) is 3.75. The van der Waals surface area contributed by atoms with Crippen LogP contribution in [0.3, 0.4) is 0 Å². The predicted octanol–water partition coefficient (Wildman–Crippen LogP) is 4.10. The predicted molar refractivity (Wildman–Crippen MR) is 74.6 cm³/mol. The van der Waals surface area contributed by atoms with Gasteiger partial charge in [-0.2, -0.15) is 0 Å². The maximum absolute atomic E-state index is 1.75. The molecule has 11 aliphatic rings. The lowest BCUT2D eigenvalue weighted by atomic mass is 9.01. The van der Waals surface area contributed by atoms with Crippen LogP contribution in [0.25, 0.3) is 0 Å². The van der Waals surface area contributed by atoms with Crippen LogP contribution in [0.1, 0.15) is 51.4 Å². The van der Waals surface area contributed by atoms with Crippen LogP contribution in [0.5, 0.6) is 0 Å². The third kappa shape index (κ3) is 0.446. The Morgan fingerprint density at radius 2 is 0.450 bits per heavy atom. The molecule has 20 heavy (non-hydrogen) atoms. The Balaban J connectivity index is 1.48. The molecule has 0 saturated heterocycles. The first-order chi connectivity index (χ1) is 9.76. The molecule has 0 aromatic heterocycles. The van der Waals surface area contributed by atoms with Crippen molar-refractivity contribution in [1.82, 2.24) is 0 Å². The number of hydrogen-bond acceptors (Lipinski definition) is 0. The molecule has 0 aromatic carbocycles. The van der Waals surface area contributed by atoms with Crippen LogP contribution in [0, 0.1) is 69.0 Å². The molecule has 4 spiro atoms. The van der Waals surface area contributed by atoms with E-state index < -0.39 is 0 Å². The molecule has 11 rings (SSSR count). The molecular formula is C20H24. The molecule has 104 valence electrons. The first-order valence-electron chi connectivity index (χ1n) is 9.76. The van der Waals surface area contributed by atoms with Crippen molar-refractivity contribution in [3.8, 4) is 0 Å². The summed E-state index contributed by atoms with van der Waals surface area (Å²) < 4.78 is 0. The van der Waals surface area contributed by atoms with Crippen LogP contribution in [0.4, 0.5) is 0 Å². The van der Waals surface area contributed by atoms with E-state index in [2.05, 4.69) is 0 Å². The standard InChI is InChI=1S/C20H24/c1-9-10-3-18-5-14-12-2-17(1,18)19-4-11(9)13(10)7-20(18,19)8-16(14)15(12)6-19/h9-16H,1-8H2. The van der Waals surface area contributed by atoms with Gasteiger partial charge in [0, 0.05) is 0 Å². The van der Waals surface area contributed by atoms with Crippen LogP contribution < -0.4 is 0 Å². The van der Waals surface area contributed by atoms with E-state index >= 15 is 0 Å². The first kappa shape index (κ1) is 9.21. The van der Waals surface area contributed by atoms with Crippen LogP contribution in [0.15, 0.2) is 0 Å². The minimum atomic E-state index is 0.937. The van der Waals surface area contributed by atoms with Gasteiger partial charge in [0.2, 0.25) is 0 Å². The molecule has 0 nitrogen and oxygen atoms in total. The van der Waals surface area contributed by atoms with Gasteiger partial charge in [-0.05, 0) is 120 Å². The van der Waals surface area contributed by atoms with Gasteiger partial charge < -0.3 is 0 Å². The zero-order valence-corrected chi connectivity index (χ0v) is 12.3. The molecule has 0 atom stereocenters. The van der Waals surface area contributed by atoms with E-state index in [0.717, 1.165) is 21.7 Å². The fraction of sp³-hybridized carbons (Fsp3) is 1.00. The van der Waals surface area contributed by atoms with Gasteiger partial charge in [-0.1, -0.05) is 0 Å². The van der Waals surface area contributed by atoms with Crippen LogP contribution in [-0.2, 0) is 0 Å². The Hall–Kier alpha value is 0. The molecule has 0 heterocycles. The molecule has 0 amide bonds. The smallest absolute Gasteiger partial charge is 0.0167 e. The summed E-state index contributed by atoms with van der Waals surface area (Å²) in [7, 11) is 0. The molecule has 0 unspecified atom stereocenters. The summed E-state index contributed by atoms with van der Waals surface area (Å²) in [6, 6.07) is 0. The van der Waals surface area contributed by atoms with E-state index in [9.17, 15) is 0 Å². The fourth-order valence-corrected chi connectivity index (χ4v) is 13.1. The Morgan fingerprint density at radius 3 is 0.600 bits per heavy atom. The van der Waals surface area contributed by atoms with Gasteiger partial charge in [0.1, 0.15) is 0 Å². The summed E-state index contributed by atoms with van der Waals surface area (Å²) in [5.74, 6) is 9.91. The molecule has 0 aromatic rings. The van der Waals surface area contributed by atoms with Crippen LogP contribution >= 0.6 is 0 Å². The van der Waals surface area contributed by atoms with Gasteiger partial charge in [0.25, 0.3) is 0 Å². The van der Waals surface area contributed by atoms with Crippen molar-refractivity contribution in [2.75, 3.05) is 0 Å². The van der Waals surface area contributed by atoms with Crippen LogP contribution in [0.2, 0.25) is 0 Å². The lowest BCUT2D eigenvalue weighted by Crippen LogP contribution is -2.96. The number of hydrogen-bond donors (Lipinski definition) is 0. The van der Waals surface area contributed by atoms with Gasteiger partial charge in [-0.3, -0.25) is 0 Å². The normalized spacial score (nSPS) is 91.2. The van der Waals surface area contributed by atoms with Gasteiger partial charge in [0.15, 0.2) is 0 Å². The van der Waals surface area contributed by atoms with E-state index in [1.165, 1.54) is 47.3 Å². The van der Waals surface area contributed by atoms with Gasteiger partial charge in [-0.25, -0.2) is 0 Å². The van der Waals surface area contributed by atoms with E-state index in [1.54, 1.807) is 51.4 Å². The Kier molecular flexibility index (Phi) is 0.904. The second-order valence-corrected chi connectivity index (χ2v) is 11.3. The van der Waals surface area contributed by atoms with Crippen molar-refractivity contribution in [3.63, 3.8) is 0 Å². The summed E-state index contributed by atoms with van der Waals surface area (Å²) in [6.07, 6.45) is 14.0. The zero-order valence-electron chi connectivity index (χ0n) is 12.3. The third-order valence-corrected chi connectivity index (χ3v) is 12.7. The molecule has 0 N–H and O–H groups in total. The highest BCUT2D eigenvalue weighted by Crippen LogP contribution is 3.05. The molecule has 11 fully saturated rings. The van der Waals surface area contributed by atoms with Gasteiger partial charge in [0.05, 0.1) is 0 Å². The fourth-order valence-electron chi connectivity index (χ4n) is 13.1. The van der Waals surface area contributed by atoms with Crippen molar-refractivity contribution < 1.29 is 0 Å². The second kappa shape index (κ2) is 1.96. The van der Waals surface area contributed by atoms with Crippen molar-refractivity contribution in [2.24, 2.45) is 69.0 Å². The van der Waals surface area contributed by atoms with E-state index in [-0.39, 0.29) is 0 Å². The van der Waals surface area contributed by atoms with Crippen molar-refractivity contribution >= 4 is 0 Å². The van der Waals surface area contributed by atoms with E-state index in [0.29, 0.717) is 0 Å².